The minimum absolute atomic E-state index is 0.0864. The van der Waals surface area contributed by atoms with Gasteiger partial charge >= 0.3 is 0 Å². The Morgan fingerprint density at radius 2 is 1.96 bits per heavy atom. The summed E-state index contributed by atoms with van der Waals surface area (Å²) in [5.41, 5.74) is 2.45. The molecule has 2 aromatic rings. The van der Waals surface area contributed by atoms with Gasteiger partial charge in [-0.05, 0) is 42.5 Å². The number of benzene rings is 1. The molecule has 0 saturated carbocycles. The first kappa shape index (κ1) is 17.0. The van der Waals surface area contributed by atoms with Crippen molar-refractivity contribution < 1.29 is 13.9 Å². The molecule has 0 bridgehead atoms. The SMILES string of the molecule is O=C(c1cc(F)ccc1N1CCOCC1)N1CCC(c2cn[nH]c2)CC1. The molecule has 1 aromatic carbocycles. The van der Waals surface area contributed by atoms with Crippen LogP contribution in [0.3, 0.4) is 0 Å². The van der Waals surface area contributed by atoms with Crippen molar-refractivity contribution in [1.29, 1.82) is 0 Å². The van der Waals surface area contributed by atoms with Crippen LogP contribution in [0.4, 0.5) is 10.1 Å². The van der Waals surface area contributed by atoms with Crippen LogP contribution < -0.4 is 4.90 Å². The number of nitrogens with one attached hydrogen (secondary N) is 1. The Labute approximate surface area is 151 Å². The standard InChI is InChI=1S/C19H23FN4O2/c20-16-1-2-18(23-7-9-26-10-8-23)17(11-16)19(25)24-5-3-14(4-6-24)15-12-21-22-13-15/h1-2,11-14H,3-10H2,(H,21,22). The number of likely N-dealkylation sites (tertiary alicyclic amines) is 1. The second-order valence-electron chi connectivity index (χ2n) is 6.86. The molecule has 0 atom stereocenters. The predicted molar refractivity (Wildman–Crippen MR) is 95.9 cm³/mol. The van der Waals surface area contributed by atoms with Crippen molar-refractivity contribution in [3.8, 4) is 0 Å². The first-order chi connectivity index (χ1) is 12.7. The first-order valence-electron chi connectivity index (χ1n) is 9.12. The van der Waals surface area contributed by atoms with E-state index >= 15 is 0 Å². The quantitative estimate of drug-likeness (QED) is 0.915. The molecule has 0 unspecified atom stereocenters. The van der Waals surface area contributed by atoms with Gasteiger partial charge in [0.05, 0.1) is 25.0 Å². The number of hydrogen-bond donors (Lipinski definition) is 1. The minimum atomic E-state index is -0.376. The number of carbonyl (C=O) groups excluding carboxylic acids is 1. The summed E-state index contributed by atoms with van der Waals surface area (Å²) in [7, 11) is 0. The summed E-state index contributed by atoms with van der Waals surface area (Å²) in [5.74, 6) is -0.0423. The third kappa shape index (κ3) is 3.44. The maximum absolute atomic E-state index is 13.9. The fraction of sp³-hybridized carbons (Fsp3) is 0.474. The highest BCUT2D eigenvalue weighted by Gasteiger charge is 2.28. The molecular formula is C19H23FN4O2. The summed E-state index contributed by atoms with van der Waals surface area (Å²) in [6.07, 6.45) is 5.57. The van der Waals surface area contributed by atoms with Gasteiger partial charge in [0.2, 0.25) is 0 Å². The molecule has 1 N–H and O–H groups in total. The minimum Gasteiger partial charge on any atom is -0.378 e. The van der Waals surface area contributed by atoms with Crippen molar-refractivity contribution in [2.45, 2.75) is 18.8 Å². The molecule has 1 aromatic heterocycles. The second-order valence-corrected chi connectivity index (χ2v) is 6.86. The highest BCUT2D eigenvalue weighted by Crippen LogP contribution is 2.30. The van der Waals surface area contributed by atoms with Crippen molar-refractivity contribution >= 4 is 11.6 Å². The maximum Gasteiger partial charge on any atom is 0.256 e. The molecule has 2 aliphatic heterocycles. The van der Waals surface area contributed by atoms with E-state index in [4.69, 9.17) is 4.74 Å². The average Bonchev–Trinajstić information content (AvgIpc) is 3.23. The van der Waals surface area contributed by atoms with Crippen LogP contribution in [0.25, 0.3) is 0 Å². The molecule has 4 rings (SSSR count). The summed E-state index contributed by atoms with van der Waals surface area (Å²) < 4.78 is 19.3. The Bertz CT molecular complexity index is 751. The molecule has 2 saturated heterocycles. The number of amides is 1. The molecule has 3 heterocycles. The fourth-order valence-corrected chi connectivity index (χ4v) is 3.83. The Morgan fingerprint density at radius 1 is 1.19 bits per heavy atom. The van der Waals surface area contributed by atoms with Crippen molar-refractivity contribution in [3.63, 3.8) is 0 Å². The number of anilines is 1. The Balaban J connectivity index is 1.50. The highest BCUT2D eigenvalue weighted by atomic mass is 19.1. The molecule has 0 radical (unpaired) electrons. The lowest BCUT2D eigenvalue weighted by atomic mass is 9.91. The fourth-order valence-electron chi connectivity index (χ4n) is 3.83. The smallest absolute Gasteiger partial charge is 0.256 e. The first-order valence-corrected chi connectivity index (χ1v) is 9.12. The molecule has 0 spiro atoms. The normalized spacial score (nSPS) is 19.0. The largest absolute Gasteiger partial charge is 0.378 e. The number of aromatic amines is 1. The molecule has 7 heteroatoms. The number of piperidine rings is 1. The average molecular weight is 358 g/mol. The van der Waals surface area contributed by atoms with Gasteiger partial charge in [-0.2, -0.15) is 5.10 Å². The van der Waals surface area contributed by atoms with Crippen LogP contribution in [0.5, 0.6) is 0 Å². The van der Waals surface area contributed by atoms with Gasteiger partial charge in [0.1, 0.15) is 5.82 Å². The lowest BCUT2D eigenvalue weighted by Crippen LogP contribution is -2.40. The third-order valence-corrected chi connectivity index (χ3v) is 5.31. The zero-order valence-corrected chi connectivity index (χ0v) is 14.7. The number of ether oxygens (including phenoxy) is 1. The van der Waals surface area contributed by atoms with E-state index < -0.39 is 0 Å². The maximum atomic E-state index is 13.9. The number of hydrogen-bond acceptors (Lipinski definition) is 4. The molecule has 0 aliphatic carbocycles. The molecule has 2 aliphatic rings. The number of aromatic nitrogens is 2. The van der Waals surface area contributed by atoms with Crippen LogP contribution in [0.2, 0.25) is 0 Å². The highest BCUT2D eigenvalue weighted by molar-refractivity contribution is 6.00. The van der Waals surface area contributed by atoms with Gasteiger partial charge in [-0.15, -0.1) is 0 Å². The van der Waals surface area contributed by atoms with E-state index in [-0.39, 0.29) is 11.7 Å². The van der Waals surface area contributed by atoms with Crippen LogP contribution in [0.1, 0.15) is 34.7 Å². The zero-order valence-electron chi connectivity index (χ0n) is 14.7. The van der Waals surface area contributed by atoms with Crippen LogP contribution in [-0.4, -0.2) is 60.4 Å². The van der Waals surface area contributed by atoms with E-state index in [2.05, 4.69) is 15.1 Å². The number of morpholine rings is 1. The number of H-pyrrole nitrogens is 1. The number of rotatable bonds is 3. The van der Waals surface area contributed by atoms with Gasteiger partial charge in [-0.3, -0.25) is 9.89 Å². The van der Waals surface area contributed by atoms with Gasteiger partial charge in [0.15, 0.2) is 0 Å². The monoisotopic (exact) mass is 358 g/mol. The molecule has 2 fully saturated rings. The van der Waals surface area contributed by atoms with Gasteiger partial charge in [0.25, 0.3) is 5.91 Å². The Morgan fingerprint density at radius 3 is 2.65 bits per heavy atom. The van der Waals surface area contributed by atoms with E-state index in [0.29, 0.717) is 50.9 Å². The van der Waals surface area contributed by atoms with Gasteiger partial charge in [-0.25, -0.2) is 4.39 Å². The van der Waals surface area contributed by atoms with Gasteiger partial charge in [-0.1, -0.05) is 0 Å². The second kappa shape index (κ2) is 7.45. The molecule has 26 heavy (non-hydrogen) atoms. The lowest BCUT2D eigenvalue weighted by molar-refractivity contribution is 0.0712. The van der Waals surface area contributed by atoms with E-state index in [1.165, 1.54) is 17.7 Å². The summed E-state index contributed by atoms with van der Waals surface area (Å²) >= 11 is 0. The molecule has 6 nitrogen and oxygen atoms in total. The Hall–Kier alpha value is -2.41. The summed E-state index contributed by atoms with van der Waals surface area (Å²) in [5, 5.41) is 6.86. The predicted octanol–water partition coefficient (Wildman–Crippen LogP) is 2.41. The van der Waals surface area contributed by atoms with Crippen LogP contribution in [-0.2, 0) is 4.74 Å². The van der Waals surface area contributed by atoms with Gasteiger partial charge < -0.3 is 14.5 Å². The van der Waals surface area contributed by atoms with Crippen molar-refractivity contribution in [3.05, 3.63) is 47.5 Å². The van der Waals surface area contributed by atoms with Crippen LogP contribution >= 0.6 is 0 Å². The molecular weight excluding hydrogens is 335 g/mol. The molecule has 1 amide bonds. The topological polar surface area (TPSA) is 61.5 Å². The van der Waals surface area contributed by atoms with E-state index in [1.807, 2.05) is 17.3 Å². The van der Waals surface area contributed by atoms with E-state index in [9.17, 15) is 9.18 Å². The zero-order chi connectivity index (χ0) is 17.9. The van der Waals surface area contributed by atoms with Crippen LogP contribution in [0, 0.1) is 5.82 Å². The summed E-state index contributed by atoms with van der Waals surface area (Å²) in [6.45, 7) is 4.03. The number of nitrogens with zero attached hydrogens (tertiary/aromatic N) is 3. The lowest BCUT2D eigenvalue weighted by Gasteiger charge is -2.34. The number of carbonyl (C=O) groups is 1. The summed E-state index contributed by atoms with van der Waals surface area (Å²) in [4.78, 5) is 17.0. The van der Waals surface area contributed by atoms with Crippen LogP contribution in [0.15, 0.2) is 30.6 Å². The van der Waals surface area contributed by atoms with Crippen molar-refractivity contribution in [1.82, 2.24) is 15.1 Å². The van der Waals surface area contributed by atoms with E-state index in [0.717, 1.165) is 18.5 Å². The van der Waals surface area contributed by atoms with Gasteiger partial charge in [0, 0.05) is 38.1 Å². The van der Waals surface area contributed by atoms with Crippen molar-refractivity contribution in [2.24, 2.45) is 0 Å². The Kier molecular flexibility index (Phi) is 4.88. The number of halogens is 1. The molecule has 138 valence electrons. The third-order valence-electron chi connectivity index (χ3n) is 5.31. The summed E-state index contributed by atoms with van der Waals surface area (Å²) in [6, 6.07) is 4.51. The van der Waals surface area contributed by atoms with E-state index in [1.54, 1.807) is 6.07 Å². The van der Waals surface area contributed by atoms with Crippen molar-refractivity contribution in [2.75, 3.05) is 44.3 Å².